The molecule has 20 heavy (non-hydrogen) atoms. The third-order valence-corrected chi connectivity index (χ3v) is 2.99. The zero-order valence-electron chi connectivity index (χ0n) is 10.5. The predicted octanol–water partition coefficient (Wildman–Crippen LogP) is 1.28. The summed E-state index contributed by atoms with van der Waals surface area (Å²) in [6, 6.07) is 2.92. The zero-order chi connectivity index (χ0) is 14.7. The topological polar surface area (TPSA) is 66.8 Å². The van der Waals surface area contributed by atoms with Crippen LogP contribution in [0.4, 0.5) is 8.78 Å². The molecule has 0 aromatic heterocycles. The van der Waals surface area contributed by atoms with Gasteiger partial charge in [-0.3, -0.25) is 9.59 Å². The molecule has 7 heteroatoms. The molecule has 1 amide bonds. The molecule has 1 aromatic rings. The third kappa shape index (κ3) is 3.30. The van der Waals surface area contributed by atoms with Gasteiger partial charge in [-0.2, -0.15) is 0 Å². The van der Waals surface area contributed by atoms with Crippen molar-refractivity contribution in [3.63, 3.8) is 0 Å². The summed E-state index contributed by atoms with van der Waals surface area (Å²) >= 11 is 0. The summed E-state index contributed by atoms with van der Waals surface area (Å²) in [5.41, 5.74) is 0.0277. The van der Waals surface area contributed by atoms with E-state index in [9.17, 15) is 18.4 Å². The number of carbonyl (C=O) groups is 2. The SMILES string of the molecule is O=C(O)CC1CN(C(=O)c2ccc(F)c(F)c2)CCO1. The number of carboxylic acid groups (broad SMARTS) is 1. The number of ether oxygens (including phenoxy) is 1. The minimum absolute atomic E-state index is 0.0277. The highest BCUT2D eigenvalue weighted by atomic mass is 19.2. The number of amides is 1. The number of carboxylic acids is 1. The number of benzene rings is 1. The lowest BCUT2D eigenvalue weighted by Crippen LogP contribution is -2.46. The van der Waals surface area contributed by atoms with Gasteiger partial charge >= 0.3 is 5.97 Å². The number of morpholine rings is 1. The normalized spacial score (nSPS) is 18.9. The molecule has 5 nitrogen and oxygen atoms in total. The highest BCUT2D eigenvalue weighted by molar-refractivity contribution is 5.94. The predicted molar refractivity (Wildman–Crippen MR) is 64.3 cm³/mol. The van der Waals surface area contributed by atoms with E-state index in [0.29, 0.717) is 0 Å². The molecule has 0 aliphatic carbocycles. The Balaban J connectivity index is 2.08. The van der Waals surface area contributed by atoms with E-state index >= 15 is 0 Å². The molecular weight excluding hydrogens is 272 g/mol. The summed E-state index contributed by atoms with van der Waals surface area (Å²) in [6.45, 7) is 0.617. The lowest BCUT2D eigenvalue weighted by molar-refractivity contribution is -0.141. The van der Waals surface area contributed by atoms with Crippen LogP contribution in [0.1, 0.15) is 16.8 Å². The van der Waals surface area contributed by atoms with E-state index in [1.54, 1.807) is 0 Å². The first-order chi connectivity index (χ1) is 9.47. The second kappa shape index (κ2) is 5.96. The van der Waals surface area contributed by atoms with Crippen molar-refractivity contribution in [2.45, 2.75) is 12.5 Å². The maximum atomic E-state index is 13.1. The minimum Gasteiger partial charge on any atom is -0.481 e. The highest BCUT2D eigenvalue weighted by Gasteiger charge is 2.26. The van der Waals surface area contributed by atoms with E-state index in [0.717, 1.165) is 12.1 Å². The first-order valence-electron chi connectivity index (χ1n) is 6.05. The zero-order valence-corrected chi connectivity index (χ0v) is 10.5. The largest absolute Gasteiger partial charge is 0.481 e. The summed E-state index contributed by atoms with van der Waals surface area (Å²) in [6.07, 6.45) is -0.794. The molecule has 1 aliphatic rings. The highest BCUT2D eigenvalue weighted by Crippen LogP contribution is 2.15. The number of hydrogen-bond acceptors (Lipinski definition) is 3. The van der Waals surface area contributed by atoms with Crippen LogP contribution in [0.2, 0.25) is 0 Å². The van der Waals surface area contributed by atoms with Crippen LogP contribution >= 0.6 is 0 Å². The van der Waals surface area contributed by atoms with Gasteiger partial charge in [0.25, 0.3) is 5.91 Å². The summed E-state index contributed by atoms with van der Waals surface area (Å²) in [5.74, 6) is -3.60. The van der Waals surface area contributed by atoms with Gasteiger partial charge in [0, 0.05) is 18.7 Å². The standard InChI is InChI=1S/C13H13F2NO4/c14-10-2-1-8(5-11(10)15)13(19)16-3-4-20-9(7-16)6-12(17)18/h1-2,5,9H,3-4,6-7H2,(H,17,18). The summed E-state index contributed by atoms with van der Waals surface area (Å²) < 4.78 is 31.2. The van der Waals surface area contributed by atoms with Gasteiger partial charge in [0.05, 0.1) is 19.1 Å². The van der Waals surface area contributed by atoms with Gasteiger partial charge in [0.2, 0.25) is 0 Å². The fourth-order valence-electron chi connectivity index (χ4n) is 2.03. The molecule has 1 aromatic carbocycles. The van der Waals surface area contributed by atoms with Gasteiger partial charge in [-0.1, -0.05) is 0 Å². The fraction of sp³-hybridized carbons (Fsp3) is 0.385. The number of hydrogen-bond donors (Lipinski definition) is 1. The summed E-state index contributed by atoms with van der Waals surface area (Å²) in [5, 5.41) is 8.70. The van der Waals surface area contributed by atoms with Crippen LogP contribution in [-0.2, 0) is 9.53 Å². The van der Waals surface area contributed by atoms with Crippen molar-refractivity contribution in [3.05, 3.63) is 35.4 Å². The molecule has 0 radical (unpaired) electrons. The second-order valence-corrected chi connectivity index (χ2v) is 4.47. The van der Waals surface area contributed by atoms with Gasteiger partial charge in [0.15, 0.2) is 11.6 Å². The van der Waals surface area contributed by atoms with Crippen molar-refractivity contribution >= 4 is 11.9 Å². The Morgan fingerprint density at radius 1 is 1.35 bits per heavy atom. The molecule has 1 atom stereocenters. The lowest BCUT2D eigenvalue weighted by Gasteiger charge is -2.32. The molecule has 0 bridgehead atoms. The van der Waals surface area contributed by atoms with Crippen molar-refractivity contribution in [2.24, 2.45) is 0 Å². The molecular formula is C13H13F2NO4. The Bertz CT molecular complexity index is 535. The average molecular weight is 285 g/mol. The third-order valence-electron chi connectivity index (χ3n) is 2.99. The van der Waals surface area contributed by atoms with Gasteiger partial charge in [0.1, 0.15) is 0 Å². The van der Waals surface area contributed by atoms with Gasteiger partial charge in [-0.05, 0) is 18.2 Å². The molecule has 1 fully saturated rings. The number of halogens is 2. The van der Waals surface area contributed by atoms with E-state index in [-0.39, 0.29) is 31.7 Å². The Labute approximate surface area is 113 Å². The van der Waals surface area contributed by atoms with Crippen LogP contribution in [0.3, 0.4) is 0 Å². The smallest absolute Gasteiger partial charge is 0.306 e. The first-order valence-corrected chi connectivity index (χ1v) is 6.05. The van der Waals surface area contributed by atoms with Crippen LogP contribution in [0, 0.1) is 11.6 Å². The van der Waals surface area contributed by atoms with E-state index in [4.69, 9.17) is 9.84 Å². The van der Waals surface area contributed by atoms with Crippen molar-refractivity contribution in [1.82, 2.24) is 4.90 Å². The molecule has 0 saturated carbocycles. The Morgan fingerprint density at radius 2 is 2.10 bits per heavy atom. The number of rotatable bonds is 3. The fourth-order valence-corrected chi connectivity index (χ4v) is 2.03. The van der Waals surface area contributed by atoms with Crippen molar-refractivity contribution in [2.75, 3.05) is 19.7 Å². The van der Waals surface area contributed by atoms with Crippen molar-refractivity contribution in [3.8, 4) is 0 Å². The molecule has 1 heterocycles. The van der Waals surface area contributed by atoms with Crippen LogP contribution in [0.25, 0.3) is 0 Å². The maximum Gasteiger partial charge on any atom is 0.306 e. The Morgan fingerprint density at radius 3 is 2.75 bits per heavy atom. The molecule has 1 saturated heterocycles. The number of carbonyl (C=O) groups excluding carboxylic acids is 1. The van der Waals surface area contributed by atoms with E-state index in [2.05, 4.69) is 0 Å². The van der Waals surface area contributed by atoms with Crippen molar-refractivity contribution in [1.29, 1.82) is 0 Å². The minimum atomic E-state index is -1.09. The van der Waals surface area contributed by atoms with Crippen LogP contribution in [0.15, 0.2) is 18.2 Å². The van der Waals surface area contributed by atoms with E-state index < -0.39 is 29.6 Å². The van der Waals surface area contributed by atoms with Crippen LogP contribution < -0.4 is 0 Å². The molecule has 1 unspecified atom stereocenters. The second-order valence-electron chi connectivity index (χ2n) is 4.47. The first kappa shape index (κ1) is 14.4. The quantitative estimate of drug-likeness (QED) is 0.908. The van der Waals surface area contributed by atoms with Gasteiger partial charge in [-0.25, -0.2) is 8.78 Å². The van der Waals surface area contributed by atoms with Gasteiger partial charge < -0.3 is 14.7 Å². The molecule has 1 aliphatic heterocycles. The number of aliphatic carboxylic acids is 1. The number of nitrogens with zero attached hydrogens (tertiary/aromatic N) is 1. The average Bonchev–Trinajstić information content (AvgIpc) is 2.40. The van der Waals surface area contributed by atoms with Crippen molar-refractivity contribution < 1.29 is 28.2 Å². The van der Waals surface area contributed by atoms with Crippen LogP contribution in [0.5, 0.6) is 0 Å². The molecule has 108 valence electrons. The van der Waals surface area contributed by atoms with E-state index in [1.165, 1.54) is 11.0 Å². The Kier molecular flexibility index (Phi) is 4.29. The molecule has 2 rings (SSSR count). The molecule has 0 spiro atoms. The summed E-state index contributed by atoms with van der Waals surface area (Å²) in [4.78, 5) is 24.1. The van der Waals surface area contributed by atoms with Crippen LogP contribution in [-0.4, -0.2) is 47.7 Å². The maximum absolute atomic E-state index is 13.1. The van der Waals surface area contributed by atoms with Gasteiger partial charge in [-0.15, -0.1) is 0 Å². The van der Waals surface area contributed by atoms with E-state index in [1.807, 2.05) is 0 Å². The lowest BCUT2D eigenvalue weighted by atomic mass is 10.1. The monoisotopic (exact) mass is 285 g/mol. The molecule has 1 N–H and O–H groups in total. The summed E-state index contributed by atoms with van der Waals surface area (Å²) in [7, 11) is 0. The Hall–Kier alpha value is -2.02.